The standard InChI is InChI=1S/C29H25F2N5O2/c1-35(2)22-7-5-19-11-18(3-4-20(19)12-22)21-6-8-26-25(13-21)24(9-10-33-26)28(38)34-16-27(37)36-17-29(30,31)14-23(36)15-32/h3-13,23H,14,16-17H2,1-2H3,(H,34,38)/t23-/m0/s1. The summed E-state index contributed by atoms with van der Waals surface area (Å²) in [4.78, 5) is 32.8. The average Bonchev–Trinajstić information content (AvgIpc) is 3.24. The van der Waals surface area contributed by atoms with Crippen molar-refractivity contribution in [3.05, 3.63) is 72.4 Å². The van der Waals surface area contributed by atoms with Gasteiger partial charge in [0.05, 0.1) is 30.2 Å². The predicted octanol–water partition coefficient (Wildman–Crippen LogP) is 4.61. The van der Waals surface area contributed by atoms with Crippen LogP contribution >= 0.6 is 0 Å². The molecule has 0 spiro atoms. The van der Waals surface area contributed by atoms with E-state index >= 15 is 0 Å². The minimum Gasteiger partial charge on any atom is -0.378 e. The summed E-state index contributed by atoms with van der Waals surface area (Å²) in [5.41, 5.74) is 3.89. The molecule has 1 N–H and O–H groups in total. The van der Waals surface area contributed by atoms with Gasteiger partial charge in [-0.25, -0.2) is 8.78 Å². The number of rotatable bonds is 5. The zero-order chi connectivity index (χ0) is 27.0. The number of nitrogens with zero attached hydrogens (tertiary/aromatic N) is 4. The van der Waals surface area contributed by atoms with Crippen LogP contribution in [-0.4, -0.2) is 60.8 Å². The van der Waals surface area contributed by atoms with E-state index in [9.17, 15) is 18.4 Å². The van der Waals surface area contributed by atoms with Crippen molar-refractivity contribution in [3.8, 4) is 17.2 Å². The second kappa shape index (κ2) is 9.71. The first-order chi connectivity index (χ1) is 18.1. The van der Waals surface area contributed by atoms with Gasteiger partial charge in [0.1, 0.15) is 6.04 Å². The number of hydrogen-bond donors (Lipinski definition) is 1. The molecule has 3 aromatic carbocycles. The molecule has 2 amide bonds. The van der Waals surface area contributed by atoms with Gasteiger partial charge >= 0.3 is 0 Å². The molecule has 192 valence electrons. The number of aromatic nitrogens is 1. The highest BCUT2D eigenvalue weighted by Gasteiger charge is 2.47. The van der Waals surface area contributed by atoms with Crippen molar-refractivity contribution in [2.24, 2.45) is 0 Å². The van der Waals surface area contributed by atoms with Crippen LogP contribution < -0.4 is 10.2 Å². The Hall–Kier alpha value is -4.58. The number of benzene rings is 3. The van der Waals surface area contributed by atoms with Gasteiger partial charge in [-0.2, -0.15) is 5.26 Å². The maximum Gasteiger partial charge on any atom is 0.268 e. The van der Waals surface area contributed by atoms with Crippen LogP contribution in [0.2, 0.25) is 0 Å². The lowest BCUT2D eigenvalue weighted by atomic mass is 9.98. The number of nitriles is 1. The minimum absolute atomic E-state index is 0.310. The lowest BCUT2D eigenvalue weighted by Gasteiger charge is -2.19. The van der Waals surface area contributed by atoms with Crippen LogP contribution in [0.15, 0.2) is 66.9 Å². The topological polar surface area (TPSA) is 89.3 Å². The molecular weight excluding hydrogens is 488 g/mol. The van der Waals surface area contributed by atoms with Crippen LogP contribution in [-0.2, 0) is 4.79 Å². The fourth-order valence-corrected chi connectivity index (χ4v) is 4.76. The summed E-state index contributed by atoms with van der Waals surface area (Å²) >= 11 is 0. The minimum atomic E-state index is -3.12. The quantitative estimate of drug-likeness (QED) is 0.421. The number of likely N-dealkylation sites (tertiary alicyclic amines) is 1. The van der Waals surface area contributed by atoms with E-state index in [-0.39, 0.29) is 0 Å². The van der Waals surface area contributed by atoms with Crippen molar-refractivity contribution in [3.63, 3.8) is 0 Å². The summed E-state index contributed by atoms with van der Waals surface area (Å²) in [5, 5.41) is 14.4. The van der Waals surface area contributed by atoms with Crippen molar-refractivity contribution in [1.29, 1.82) is 5.26 Å². The fraction of sp³-hybridized carbons (Fsp3) is 0.241. The highest BCUT2D eigenvalue weighted by Crippen LogP contribution is 2.32. The lowest BCUT2D eigenvalue weighted by Crippen LogP contribution is -2.43. The highest BCUT2D eigenvalue weighted by molar-refractivity contribution is 6.08. The van der Waals surface area contributed by atoms with Crippen LogP contribution in [0.25, 0.3) is 32.8 Å². The van der Waals surface area contributed by atoms with Crippen LogP contribution in [0.5, 0.6) is 0 Å². The number of halogens is 2. The van der Waals surface area contributed by atoms with Crippen LogP contribution in [0, 0.1) is 11.3 Å². The largest absolute Gasteiger partial charge is 0.378 e. The van der Waals surface area contributed by atoms with Gasteiger partial charge in [-0.1, -0.05) is 24.3 Å². The molecule has 1 fully saturated rings. The van der Waals surface area contributed by atoms with E-state index < -0.39 is 43.3 Å². The van der Waals surface area contributed by atoms with Gasteiger partial charge in [-0.05, 0) is 58.3 Å². The van der Waals surface area contributed by atoms with E-state index in [0.29, 0.717) is 16.5 Å². The van der Waals surface area contributed by atoms with Gasteiger partial charge in [0.25, 0.3) is 11.8 Å². The Bertz CT molecular complexity index is 1610. The third-order valence-electron chi connectivity index (χ3n) is 6.80. The van der Waals surface area contributed by atoms with Crippen LogP contribution in [0.3, 0.4) is 0 Å². The molecule has 1 aliphatic heterocycles. The average molecular weight is 514 g/mol. The Kier molecular flexibility index (Phi) is 6.41. The first kappa shape index (κ1) is 25.1. The Morgan fingerprint density at radius 2 is 1.79 bits per heavy atom. The zero-order valence-corrected chi connectivity index (χ0v) is 20.9. The summed E-state index contributed by atoms with van der Waals surface area (Å²) in [6.45, 7) is -1.32. The second-order valence-corrected chi connectivity index (χ2v) is 9.64. The molecular formula is C29H25F2N5O2. The van der Waals surface area contributed by atoms with Gasteiger partial charge in [-0.3, -0.25) is 14.6 Å². The molecule has 0 bridgehead atoms. The van der Waals surface area contributed by atoms with E-state index in [4.69, 9.17) is 5.26 Å². The van der Waals surface area contributed by atoms with Gasteiger partial charge in [0.15, 0.2) is 0 Å². The Morgan fingerprint density at radius 1 is 1.08 bits per heavy atom. The number of hydrogen-bond acceptors (Lipinski definition) is 5. The Morgan fingerprint density at radius 3 is 2.55 bits per heavy atom. The third-order valence-corrected chi connectivity index (χ3v) is 6.80. The molecule has 1 atom stereocenters. The molecule has 1 saturated heterocycles. The van der Waals surface area contributed by atoms with Crippen molar-refractivity contribution >= 4 is 39.2 Å². The van der Waals surface area contributed by atoms with E-state index in [1.54, 1.807) is 12.1 Å². The maximum atomic E-state index is 13.7. The number of amides is 2. The van der Waals surface area contributed by atoms with Crippen molar-refractivity contribution in [2.45, 2.75) is 18.4 Å². The van der Waals surface area contributed by atoms with E-state index in [2.05, 4.69) is 40.6 Å². The van der Waals surface area contributed by atoms with E-state index in [1.165, 1.54) is 6.20 Å². The van der Waals surface area contributed by atoms with Crippen LogP contribution in [0.4, 0.5) is 14.5 Å². The van der Waals surface area contributed by atoms with Gasteiger partial charge in [0.2, 0.25) is 5.91 Å². The summed E-state index contributed by atoms with van der Waals surface area (Å²) < 4.78 is 27.4. The number of alkyl halides is 2. The first-order valence-electron chi connectivity index (χ1n) is 12.1. The number of carbonyl (C=O) groups excluding carboxylic acids is 2. The van der Waals surface area contributed by atoms with Crippen molar-refractivity contribution in [2.75, 3.05) is 32.1 Å². The summed E-state index contributed by atoms with van der Waals surface area (Å²) in [6.07, 6.45) is 0.802. The summed E-state index contributed by atoms with van der Waals surface area (Å²) in [5.74, 6) is -4.37. The van der Waals surface area contributed by atoms with E-state index in [0.717, 1.165) is 32.5 Å². The predicted molar refractivity (Wildman–Crippen MR) is 142 cm³/mol. The number of carbonyl (C=O) groups is 2. The molecule has 0 unspecified atom stereocenters. The molecule has 1 aliphatic rings. The third kappa shape index (κ3) is 4.85. The van der Waals surface area contributed by atoms with Crippen molar-refractivity contribution < 1.29 is 18.4 Å². The molecule has 2 heterocycles. The van der Waals surface area contributed by atoms with Gasteiger partial charge in [-0.15, -0.1) is 0 Å². The SMILES string of the molecule is CN(C)c1ccc2cc(-c3ccc4nccc(C(=O)NCC(=O)N5CC(F)(F)C[C@H]5C#N)c4c3)ccc2c1. The molecule has 4 aromatic rings. The zero-order valence-electron chi connectivity index (χ0n) is 20.9. The van der Waals surface area contributed by atoms with Crippen LogP contribution in [0.1, 0.15) is 16.8 Å². The fourth-order valence-electron chi connectivity index (χ4n) is 4.76. The van der Waals surface area contributed by atoms with Gasteiger partial charge < -0.3 is 15.1 Å². The maximum absolute atomic E-state index is 13.7. The molecule has 7 nitrogen and oxygen atoms in total. The molecule has 1 aromatic heterocycles. The number of anilines is 1. The number of fused-ring (bicyclic) bond motifs is 2. The monoisotopic (exact) mass is 513 g/mol. The van der Waals surface area contributed by atoms with E-state index in [1.807, 2.05) is 43.3 Å². The molecule has 0 aliphatic carbocycles. The molecule has 38 heavy (non-hydrogen) atoms. The molecule has 0 saturated carbocycles. The summed E-state index contributed by atoms with van der Waals surface area (Å²) in [6, 6.07) is 20.1. The van der Waals surface area contributed by atoms with Crippen molar-refractivity contribution in [1.82, 2.24) is 15.2 Å². The van der Waals surface area contributed by atoms with Gasteiger partial charge in [0, 0.05) is 37.8 Å². The highest BCUT2D eigenvalue weighted by atomic mass is 19.3. The molecule has 5 rings (SSSR count). The molecule has 0 radical (unpaired) electrons. The molecule has 9 heteroatoms. The second-order valence-electron chi connectivity index (χ2n) is 9.64. The first-order valence-corrected chi connectivity index (χ1v) is 12.1. The lowest BCUT2D eigenvalue weighted by molar-refractivity contribution is -0.131. The summed E-state index contributed by atoms with van der Waals surface area (Å²) in [7, 11) is 3.99. The Labute approximate surface area is 218 Å². The normalized spacial score (nSPS) is 16.4. The number of pyridine rings is 1. The Balaban J connectivity index is 1.39. The smallest absolute Gasteiger partial charge is 0.268 e. The number of nitrogens with one attached hydrogen (secondary N) is 1.